The molecule has 0 bridgehead atoms. The third-order valence-corrected chi connectivity index (χ3v) is 4.43. The van der Waals surface area contributed by atoms with Gasteiger partial charge in [-0.25, -0.2) is 4.98 Å². The molecule has 0 saturated carbocycles. The maximum atomic E-state index is 11.3. The van der Waals surface area contributed by atoms with E-state index in [2.05, 4.69) is 30.8 Å². The SMILES string of the molecule is NC(=O)Cc1c[nH]c2ncc(Br)c(N3CCCC(N)C3)c12. The van der Waals surface area contributed by atoms with Gasteiger partial charge in [-0.2, -0.15) is 0 Å². The number of nitrogens with zero attached hydrogens (tertiary/aromatic N) is 2. The molecule has 1 atom stereocenters. The summed E-state index contributed by atoms with van der Waals surface area (Å²) in [4.78, 5) is 21.0. The fraction of sp³-hybridized carbons (Fsp3) is 0.429. The molecule has 7 heteroatoms. The van der Waals surface area contributed by atoms with Crippen molar-refractivity contribution >= 4 is 38.6 Å². The van der Waals surface area contributed by atoms with Crippen molar-refractivity contribution in [1.82, 2.24) is 9.97 Å². The van der Waals surface area contributed by atoms with Crippen LogP contribution in [0.15, 0.2) is 16.9 Å². The third-order valence-electron chi connectivity index (χ3n) is 3.85. The number of aromatic nitrogens is 2. The molecule has 0 aromatic carbocycles. The summed E-state index contributed by atoms with van der Waals surface area (Å²) in [5.74, 6) is -0.350. The van der Waals surface area contributed by atoms with Crippen LogP contribution in [-0.2, 0) is 11.2 Å². The molecule has 1 fully saturated rings. The Morgan fingerprint density at radius 2 is 2.38 bits per heavy atom. The fourth-order valence-electron chi connectivity index (χ4n) is 2.97. The molecule has 21 heavy (non-hydrogen) atoms. The van der Waals surface area contributed by atoms with Crippen LogP contribution in [0.5, 0.6) is 0 Å². The predicted octanol–water partition coefficient (Wildman–Crippen LogP) is 1.28. The first-order chi connectivity index (χ1) is 10.1. The molecule has 5 N–H and O–H groups in total. The Kier molecular flexibility index (Phi) is 3.86. The lowest BCUT2D eigenvalue weighted by atomic mass is 10.0. The van der Waals surface area contributed by atoms with E-state index in [0.717, 1.165) is 52.7 Å². The number of carbonyl (C=O) groups excluding carboxylic acids is 1. The first-order valence-electron chi connectivity index (χ1n) is 6.99. The maximum Gasteiger partial charge on any atom is 0.221 e. The zero-order valence-corrected chi connectivity index (χ0v) is 13.2. The molecule has 112 valence electrons. The van der Waals surface area contributed by atoms with Gasteiger partial charge in [-0.3, -0.25) is 4.79 Å². The molecule has 0 spiro atoms. The molecule has 3 rings (SSSR count). The summed E-state index contributed by atoms with van der Waals surface area (Å²) in [7, 11) is 0. The number of nitrogens with two attached hydrogens (primary N) is 2. The highest BCUT2D eigenvalue weighted by Crippen LogP contribution is 2.36. The highest BCUT2D eigenvalue weighted by atomic mass is 79.9. The van der Waals surface area contributed by atoms with Gasteiger partial charge in [0, 0.05) is 36.9 Å². The van der Waals surface area contributed by atoms with E-state index in [4.69, 9.17) is 11.5 Å². The largest absolute Gasteiger partial charge is 0.369 e. The Bertz CT molecular complexity index is 683. The van der Waals surface area contributed by atoms with Crippen LogP contribution < -0.4 is 16.4 Å². The molecular formula is C14H18BrN5O. The van der Waals surface area contributed by atoms with Crippen molar-refractivity contribution in [2.45, 2.75) is 25.3 Å². The maximum absolute atomic E-state index is 11.3. The normalized spacial score (nSPS) is 19.1. The number of fused-ring (bicyclic) bond motifs is 1. The van der Waals surface area contributed by atoms with Gasteiger partial charge in [0.2, 0.25) is 5.91 Å². The van der Waals surface area contributed by atoms with Gasteiger partial charge >= 0.3 is 0 Å². The van der Waals surface area contributed by atoms with Crippen molar-refractivity contribution in [3.63, 3.8) is 0 Å². The minimum Gasteiger partial charge on any atom is -0.369 e. The van der Waals surface area contributed by atoms with Crippen LogP contribution in [-0.4, -0.2) is 35.0 Å². The molecule has 2 aromatic rings. The molecule has 3 heterocycles. The number of nitrogens with one attached hydrogen (secondary N) is 1. The number of hydrogen-bond acceptors (Lipinski definition) is 4. The van der Waals surface area contributed by atoms with Gasteiger partial charge < -0.3 is 21.4 Å². The van der Waals surface area contributed by atoms with Crippen LogP contribution in [0.3, 0.4) is 0 Å². The topological polar surface area (TPSA) is 101 Å². The highest BCUT2D eigenvalue weighted by molar-refractivity contribution is 9.10. The summed E-state index contributed by atoms with van der Waals surface area (Å²) in [6, 6.07) is 0.174. The Hall–Kier alpha value is -1.60. The lowest BCUT2D eigenvalue weighted by Crippen LogP contribution is -2.43. The number of aromatic amines is 1. The van der Waals surface area contributed by atoms with Gasteiger partial charge in [0.15, 0.2) is 0 Å². The number of piperidine rings is 1. The first kappa shape index (κ1) is 14.3. The number of hydrogen-bond donors (Lipinski definition) is 3. The molecule has 0 aliphatic carbocycles. The molecular weight excluding hydrogens is 334 g/mol. The average molecular weight is 352 g/mol. The number of amides is 1. The molecule has 1 unspecified atom stereocenters. The first-order valence-corrected chi connectivity index (χ1v) is 7.79. The summed E-state index contributed by atoms with van der Waals surface area (Å²) in [6.07, 6.45) is 5.90. The Morgan fingerprint density at radius 3 is 3.10 bits per heavy atom. The summed E-state index contributed by atoms with van der Waals surface area (Å²) >= 11 is 3.58. The number of pyridine rings is 1. The summed E-state index contributed by atoms with van der Waals surface area (Å²) < 4.78 is 0.912. The van der Waals surface area contributed by atoms with E-state index in [0.29, 0.717) is 0 Å². The van der Waals surface area contributed by atoms with E-state index in [1.54, 1.807) is 6.20 Å². The summed E-state index contributed by atoms with van der Waals surface area (Å²) in [6.45, 7) is 1.76. The van der Waals surface area contributed by atoms with Crippen LogP contribution in [0.2, 0.25) is 0 Å². The summed E-state index contributed by atoms with van der Waals surface area (Å²) in [5.41, 5.74) is 14.1. The van der Waals surface area contributed by atoms with Gasteiger partial charge in [-0.15, -0.1) is 0 Å². The van der Waals surface area contributed by atoms with E-state index in [1.807, 2.05) is 6.20 Å². The Labute approximate surface area is 131 Å². The molecule has 1 amide bonds. The van der Waals surface area contributed by atoms with E-state index >= 15 is 0 Å². The quantitative estimate of drug-likeness (QED) is 0.775. The molecule has 1 aliphatic heterocycles. The third kappa shape index (κ3) is 2.75. The Morgan fingerprint density at radius 1 is 1.57 bits per heavy atom. The zero-order valence-electron chi connectivity index (χ0n) is 11.6. The van der Waals surface area contributed by atoms with Crippen LogP contribution in [0.25, 0.3) is 11.0 Å². The second kappa shape index (κ2) is 5.65. The van der Waals surface area contributed by atoms with Crippen LogP contribution in [0, 0.1) is 0 Å². The molecule has 1 saturated heterocycles. The number of H-pyrrole nitrogens is 1. The monoisotopic (exact) mass is 351 g/mol. The van der Waals surface area contributed by atoms with Crippen molar-refractivity contribution in [2.75, 3.05) is 18.0 Å². The van der Waals surface area contributed by atoms with E-state index in [9.17, 15) is 4.79 Å². The second-order valence-corrected chi connectivity index (χ2v) is 6.34. The van der Waals surface area contributed by atoms with Crippen molar-refractivity contribution in [3.8, 4) is 0 Å². The number of primary amides is 1. The minimum absolute atomic E-state index is 0.174. The van der Waals surface area contributed by atoms with Crippen LogP contribution >= 0.6 is 15.9 Å². The fourth-order valence-corrected chi connectivity index (χ4v) is 3.52. The predicted molar refractivity (Wildman–Crippen MR) is 86.1 cm³/mol. The zero-order chi connectivity index (χ0) is 15.0. The standard InChI is InChI=1S/C14H18BrN5O/c15-10-6-19-14-12(8(5-18-14)4-11(17)21)13(10)20-3-1-2-9(16)7-20/h5-6,9H,1-4,7,16H2,(H2,17,21)(H,18,19). The van der Waals surface area contributed by atoms with Crippen molar-refractivity contribution in [3.05, 3.63) is 22.4 Å². The van der Waals surface area contributed by atoms with Crippen molar-refractivity contribution in [1.29, 1.82) is 0 Å². The molecule has 2 aromatic heterocycles. The van der Waals surface area contributed by atoms with Crippen molar-refractivity contribution < 1.29 is 4.79 Å². The lowest BCUT2D eigenvalue weighted by molar-refractivity contribution is -0.117. The second-order valence-electron chi connectivity index (χ2n) is 5.48. The lowest BCUT2D eigenvalue weighted by Gasteiger charge is -2.33. The van der Waals surface area contributed by atoms with Gasteiger partial charge in [-0.05, 0) is 34.3 Å². The molecule has 0 radical (unpaired) electrons. The number of carbonyl (C=O) groups is 1. The number of rotatable bonds is 3. The number of anilines is 1. The van der Waals surface area contributed by atoms with Crippen LogP contribution in [0.4, 0.5) is 5.69 Å². The van der Waals surface area contributed by atoms with Crippen LogP contribution in [0.1, 0.15) is 18.4 Å². The minimum atomic E-state index is -0.350. The molecule has 1 aliphatic rings. The van der Waals surface area contributed by atoms with Crippen molar-refractivity contribution in [2.24, 2.45) is 11.5 Å². The number of halogens is 1. The van der Waals surface area contributed by atoms with Gasteiger partial charge in [0.1, 0.15) is 5.65 Å². The van der Waals surface area contributed by atoms with E-state index in [-0.39, 0.29) is 18.4 Å². The van der Waals surface area contributed by atoms with Gasteiger partial charge in [0.05, 0.1) is 16.6 Å². The summed E-state index contributed by atoms with van der Waals surface area (Å²) in [5, 5.41) is 0.956. The Balaban J connectivity index is 2.12. The molecule has 6 nitrogen and oxygen atoms in total. The van der Waals surface area contributed by atoms with E-state index in [1.165, 1.54) is 0 Å². The average Bonchev–Trinajstić information content (AvgIpc) is 2.81. The van der Waals surface area contributed by atoms with Gasteiger partial charge in [-0.1, -0.05) is 0 Å². The highest BCUT2D eigenvalue weighted by Gasteiger charge is 2.23. The smallest absolute Gasteiger partial charge is 0.221 e. The van der Waals surface area contributed by atoms with E-state index < -0.39 is 0 Å². The van der Waals surface area contributed by atoms with Gasteiger partial charge in [0.25, 0.3) is 0 Å².